The Labute approximate surface area is 133 Å². The molecule has 0 unspecified atom stereocenters. The molecule has 0 radical (unpaired) electrons. The first-order chi connectivity index (χ1) is 11.1. The minimum atomic E-state index is -0.765. The molecule has 4 rings (SSSR count). The van der Waals surface area contributed by atoms with Crippen molar-refractivity contribution in [2.75, 3.05) is 11.4 Å². The molecule has 0 saturated heterocycles. The molecule has 0 N–H and O–H groups in total. The number of hydrogen-bond acceptors (Lipinski definition) is 2. The summed E-state index contributed by atoms with van der Waals surface area (Å²) in [7, 11) is 0. The maximum atomic E-state index is 14.2. The van der Waals surface area contributed by atoms with Crippen LogP contribution >= 0.6 is 0 Å². The van der Waals surface area contributed by atoms with E-state index in [0.717, 1.165) is 0 Å². The van der Waals surface area contributed by atoms with Crippen LogP contribution in [0, 0.1) is 5.82 Å². The molecule has 1 aliphatic carbocycles. The van der Waals surface area contributed by atoms with E-state index in [1.54, 1.807) is 41.3 Å². The minimum absolute atomic E-state index is 0.0559. The normalized spacial score (nSPS) is 18.5. The summed E-state index contributed by atoms with van der Waals surface area (Å²) in [5, 5.41) is 0. The van der Waals surface area contributed by atoms with Gasteiger partial charge in [-0.1, -0.05) is 30.3 Å². The Hall–Kier alpha value is -2.49. The molecule has 2 aromatic rings. The van der Waals surface area contributed by atoms with Gasteiger partial charge in [-0.2, -0.15) is 0 Å². The molecule has 1 heterocycles. The van der Waals surface area contributed by atoms with Crippen molar-refractivity contribution in [1.82, 2.24) is 0 Å². The molecule has 4 heteroatoms. The molecule has 23 heavy (non-hydrogen) atoms. The number of hydrogen-bond donors (Lipinski definition) is 0. The second-order valence-corrected chi connectivity index (χ2v) is 6.21. The fourth-order valence-electron chi connectivity index (χ4n) is 3.46. The van der Waals surface area contributed by atoms with E-state index in [0.29, 0.717) is 42.6 Å². The molecule has 1 amide bonds. The maximum absolute atomic E-state index is 14.2. The van der Waals surface area contributed by atoms with Crippen molar-refractivity contribution in [2.24, 2.45) is 0 Å². The summed E-state index contributed by atoms with van der Waals surface area (Å²) in [6.45, 7) is 0.366. The number of para-hydroxylation sites is 1. The third-order valence-electron chi connectivity index (χ3n) is 4.85. The van der Waals surface area contributed by atoms with Crippen molar-refractivity contribution in [2.45, 2.75) is 24.7 Å². The Morgan fingerprint density at radius 2 is 1.74 bits per heavy atom. The quantitative estimate of drug-likeness (QED) is 0.852. The molecule has 0 bridgehead atoms. The van der Waals surface area contributed by atoms with Crippen molar-refractivity contribution in [3.8, 4) is 0 Å². The standard InChI is InChI=1S/C19H16FNO2/c20-15-7-3-2-6-14(15)19(10-11-19)18(23)21-12-9-17(22)13-5-1-4-8-16(13)21/h1-8H,9-12H2. The van der Waals surface area contributed by atoms with E-state index in [2.05, 4.69) is 0 Å². The van der Waals surface area contributed by atoms with Crippen LogP contribution in [-0.4, -0.2) is 18.2 Å². The zero-order valence-electron chi connectivity index (χ0n) is 12.6. The number of halogens is 1. The number of fused-ring (bicyclic) bond motifs is 1. The first kappa shape index (κ1) is 14.1. The third kappa shape index (κ3) is 2.09. The molecule has 116 valence electrons. The highest BCUT2D eigenvalue weighted by Crippen LogP contribution is 2.51. The van der Waals surface area contributed by atoms with Crippen molar-refractivity contribution in [3.63, 3.8) is 0 Å². The van der Waals surface area contributed by atoms with Crippen LogP contribution in [0.25, 0.3) is 0 Å². The molecular weight excluding hydrogens is 293 g/mol. The highest BCUT2D eigenvalue weighted by molar-refractivity contribution is 6.11. The summed E-state index contributed by atoms with van der Waals surface area (Å²) in [5.74, 6) is -0.373. The lowest BCUT2D eigenvalue weighted by Crippen LogP contribution is -2.43. The van der Waals surface area contributed by atoms with E-state index in [9.17, 15) is 14.0 Å². The predicted molar refractivity (Wildman–Crippen MR) is 85.1 cm³/mol. The molecule has 2 aromatic carbocycles. The van der Waals surface area contributed by atoms with Crippen LogP contribution in [0.4, 0.5) is 10.1 Å². The number of rotatable bonds is 2. The van der Waals surface area contributed by atoms with Gasteiger partial charge >= 0.3 is 0 Å². The largest absolute Gasteiger partial charge is 0.310 e. The van der Waals surface area contributed by atoms with Crippen molar-refractivity contribution >= 4 is 17.4 Å². The van der Waals surface area contributed by atoms with Crippen LogP contribution in [0.5, 0.6) is 0 Å². The number of amides is 1. The van der Waals surface area contributed by atoms with E-state index in [1.807, 2.05) is 6.07 Å². The number of ketones is 1. The lowest BCUT2D eigenvalue weighted by Gasteiger charge is -2.32. The van der Waals surface area contributed by atoms with Gasteiger partial charge in [0.15, 0.2) is 5.78 Å². The van der Waals surface area contributed by atoms with Crippen LogP contribution in [0.15, 0.2) is 48.5 Å². The van der Waals surface area contributed by atoms with E-state index >= 15 is 0 Å². The lowest BCUT2D eigenvalue weighted by atomic mass is 9.91. The molecule has 3 nitrogen and oxygen atoms in total. The summed E-state index contributed by atoms with van der Waals surface area (Å²) >= 11 is 0. The van der Waals surface area contributed by atoms with Gasteiger partial charge in [0, 0.05) is 24.1 Å². The summed E-state index contributed by atoms with van der Waals surface area (Å²) in [5.41, 5.74) is 0.936. The van der Waals surface area contributed by atoms with Gasteiger partial charge in [-0.3, -0.25) is 9.59 Å². The minimum Gasteiger partial charge on any atom is -0.310 e. The van der Waals surface area contributed by atoms with E-state index in [-0.39, 0.29) is 17.5 Å². The van der Waals surface area contributed by atoms with Gasteiger partial charge in [-0.05, 0) is 31.0 Å². The molecule has 0 spiro atoms. The first-order valence-electron chi connectivity index (χ1n) is 7.83. The fourth-order valence-corrected chi connectivity index (χ4v) is 3.46. The van der Waals surface area contributed by atoms with Gasteiger partial charge in [0.05, 0.1) is 11.1 Å². The Kier molecular flexibility index (Phi) is 3.08. The average Bonchev–Trinajstić information content (AvgIpc) is 3.37. The molecular formula is C19H16FNO2. The number of carbonyl (C=O) groups excluding carboxylic acids is 2. The zero-order valence-corrected chi connectivity index (χ0v) is 12.6. The second-order valence-electron chi connectivity index (χ2n) is 6.21. The number of nitrogens with zero attached hydrogens (tertiary/aromatic N) is 1. The Balaban J connectivity index is 1.75. The van der Waals surface area contributed by atoms with Crippen LogP contribution in [0.1, 0.15) is 35.2 Å². The van der Waals surface area contributed by atoms with Gasteiger partial charge in [0.1, 0.15) is 5.82 Å². The fraction of sp³-hybridized carbons (Fsp3) is 0.263. The molecule has 0 atom stereocenters. The van der Waals surface area contributed by atoms with Crippen molar-refractivity contribution in [1.29, 1.82) is 0 Å². The average molecular weight is 309 g/mol. The highest BCUT2D eigenvalue weighted by atomic mass is 19.1. The summed E-state index contributed by atoms with van der Waals surface area (Å²) in [6, 6.07) is 13.7. The van der Waals surface area contributed by atoms with Crippen LogP contribution in [-0.2, 0) is 10.2 Å². The SMILES string of the molecule is O=C1CCN(C(=O)C2(c3ccccc3F)CC2)c2ccccc21. The maximum Gasteiger partial charge on any atom is 0.237 e. The van der Waals surface area contributed by atoms with E-state index in [1.165, 1.54) is 6.07 Å². The Morgan fingerprint density at radius 3 is 2.48 bits per heavy atom. The summed E-state index contributed by atoms with van der Waals surface area (Å²) in [4.78, 5) is 26.9. The number of anilines is 1. The molecule has 1 fully saturated rings. The predicted octanol–water partition coefficient (Wildman–Crippen LogP) is 3.48. The number of benzene rings is 2. The smallest absolute Gasteiger partial charge is 0.237 e. The van der Waals surface area contributed by atoms with Crippen molar-refractivity contribution in [3.05, 3.63) is 65.5 Å². The van der Waals surface area contributed by atoms with Gasteiger partial charge in [-0.25, -0.2) is 4.39 Å². The van der Waals surface area contributed by atoms with Crippen LogP contribution < -0.4 is 4.90 Å². The van der Waals surface area contributed by atoms with E-state index in [4.69, 9.17) is 0 Å². The van der Waals surface area contributed by atoms with Crippen molar-refractivity contribution < 1.29 is 14.0 Å². The van der Waals surface area contributed by atoms with E-state index < -0.39 is 5.41 Å². The topological polar surface area (TPSA) is 37.4 Å². The number of carbonyl (C=O) groups is 2. The zero-order chi connectivity index (χ0) is 16.0. The van der Waals surface area contributed by atoms with Gasteiger partial charge in [0.2, 0.25) is 5.91 Å². The first-order valence-corrected chi connectivity index (χ1v) is 7.83. The highest BCUT2D eigenvalue weighted by Gasteiger charge is 2.55. The Bertz CT molecular complexity index is 811. The second kappa shape index (κ2) is 5.01. The van der Waals surface area contributed by atoms with Gasteiger partial charge in [-0.15, -0.1) is 0 Å². The molecule has 0 aromatic heterocycles. The van der Waals surface area contributed by atoms with Crippen LogP contribution in [0.2, 0.25) is 0 Å². The lowest BCUT2D eigenvalue weighted by molar-refractivity contribution is -0.121. The molecule has 1 saturated carbocycles. The molecule has 1 aliphatic heterocycles. The van der Waals surface area contributed by atoms with Gasteiger partial charge in [0.25, 0.3) is 0 Å². The Morgan fingerprint density at radius 1 is 1.04 bits per heavy atom. The van der Waals surface area contributed by atoms with Gasteiger partial charge < -0.3 is 4.90 Å². The monoisotopic (exact) mass is 309 g/mol. The summed E-state index contributed by atoms with van der Waals surface area (Å²) < 4.78 is 14.2. The third-order valence-corrected chi connectivity index (χ3v) is 4.85. The summed E-state index contributed by atoms with van der Waals surface area (Å²) in [6.07, 6.45) is 1.62. The van der Waals surface area contributed by atoms with Crippen LogP contribution in [0.3, 0.4) is 0 Å². The number of Topliss-reactive ketones (excluding diaryl/α,β-unsaturated/α-hetero) is 1. The molecule has 2 aliphatic rings.